The minimum Gasteiger partial charge on any atom is -0.309 e. The summed E-state index contributed by atoms with van der Waals surface area (Å²) in [7, 11) is 0. The van der Waals surface area contributed by atoms with Gasteiger partial charge in [-0.25, -0.2) is 0 Å². The van der Waals surface area contributed by atoms with Crippen molar-refractivity contribution in [2.24, 2.45) is 5.92 Å². The van der Waals surface area contributed by atoms with Crippen molar-refractivity contribution < 1.29 is 0 Å². The van der Waals surface area contributed by atoms with Gasteiger partial charge in [0.05, 0.1) is 0 Å². The van der Waals surface area contributed by atoms with Crippen molar-refractivity contribution in [2.45, 2.75) is 65.0 Å². The van der Waals surface area contributed by atoms with Crippen molar-refractivity contribution in [3.05, 3.63) is 0 Å². The minimum atomic E-state index is 0.431. The Hall–Kier alpha value is -0.0400. The maximum Gasteiger partial charge on any atom is 0.0155 e. The number of piperidine rings is 1. The molecule has 3 atom stereocenters. The Balaban J connectivity index is 2.48. The van der Waals surface area contributed by atoms with Crippen molar-refractivity contribution >= 4 is 0 Å². The molecule has 0 aromatic heterocycles. The normalized spacial score (nSPS) is 43.0. The van der Waals surface area contributed by atoms with E-state index in [0.29, 0.717) is 11.6 Å². The van der Waals surface area contributed by atoms with Crippen LogP contribution in [0.15, 0.2) is 0 Å². The van der Waals surface area contributed by atoms with E-state index in [0.717, 1.165) is 5.92 Å². The lowest BCUT2D eigenvalue weighted by Crippen LogP contribution is -2.53. The summed E-state index contributed by atoms with van der Waals surface area (Å²) < 4.78 is 0. The third-order valence-corrected chi connectivity index (χ3v) is 3.38. The standard InChI is InChI=1S/C11H23N/c1-5-7-11(4)8-6-9(2)10(3)12-11/h9-10,12H,5-8H2,1-4H3. The molecule has 0 aromatic rings. The Labute approximate surface area is 76.9 Å². The molecule has 0 spiro atoms. The number of rotatable bonds is 2. The van der Waals surface area contributed by atoms with E-state index in [9.17, 15) is 0 Å². The molecule has 0 amide bonds. The monoisotopic (exact) mass is 169 g/mol. The van der Waals surface area contributed by atoms with Crippen LogP contribution in [0.1, 0.15) is 53.4 Å². The fraction of sp³-hybridized carbons (Fsp3) is 1.00. The maximum absolute atomic E-state index is 3.74. The molecule has 0 radical (unpaired) electrons. The van der Waals surface area contributed by atoms with Gasteiger partial charge < -0.3 is 5.32 Å². The molecule has 0 aromatic carbocycles. The largest absolute Gasteiger partial charge is 0.309 e. The van der Waals surface area contributed by atoms with E-state index in [1.165, 1.54) is 25.7 Å². The van der Waals surface area contributed by atoms with Crippen LogP contribution < -0.4 is 5.32 Å². The Bertz CT molecular complexity index is 144. The van der Waals surface area contributed by atoms with Gasteiger partial charge in [0, 0.05) is 11.6 Å². The molecule has 1 nitrogen and oxygen atoms in total. The average molecular weight is 169 g/mol. The van der Waals surface area contributed by atoms with Crippen LogP contribution in [-0.2, 0) is 0 Å². The number of nitrogens with one attached hydrogen (secondary N) is 1. The Morgan fingerprint density at radius 2 is 2.08 bits per heavy atom. The highest BCUT2D eigenvalue weighted by molar-refractivity contribution is 4.91. The van der Waals surface area contributed by atoms with Gasteiger partial charge in [-0.05, 0) is 39.0 Å². The highest BCUT2D eigenvalue weighted by atomic mass is 15.0. The van der Waals surface area contributed by atoms with E-state index < -0.39 is 0 Å². The van der Waals surface area contributed by atoms with E-state index in [-0.39, 0.29) is 0 Å². The van der Waals surface area contributed by atoms with Gasteiger partial charge in [0.15, 0.2) is 0 Å². The topological polar surface area (TPSA) is 12.0 Å². The van der Waals surface area contributed by atoms with Gasteiger partial charge in [-0.3, -0.25) is 0 Å². The van der Waals surface area contributed by atoms with Crippen molar-refractivity contribution in [1.29, 1.82) is 0 Å². The quantitative estimate of drug-likeness (QED) is 0.670. The van der Waals surface area contributed by atoms with Crippen molar-refractivity contribution in [3.8, 4) is 0 Å². The van der Waals surface area contributed by atoms with Crippen LogP contribution in [-0.4, -0.2) is 11.6 Å². The van der Waals surface area contributed by atoms with Crippen molar-refractivity contribution in [3.63, 3.8) is 0 Å². The lowest BCUT2D eigenvalue weighted by atomic mass is 9.80. The molecule has 1 N–H and O–H groups in total. The molecule has 1 fully saturated rings. The van der Waals surface area contributed by atoms with Gasteiger partial charge in [-0.15, -0.1) is 0 Å². The van der Waals surface area contributed by atoms with E-state index >= 15 is 0 Å². The minimum absolute atomic E-state index is 0.431. The average Bonchev–Trinajstić information content (AvgIpc) is 1.98. The van der Waals surface area contributed by atoms with Gasteiger partial charge in [0.25, 0.3) is 0 Å². The molecule has 1 rings (SSSR count). The predicted octanol–water partition coefficient (Wildman–Crippen LogP) is 2.95. The van der Waals surface area contributed by atoms with Crippen LogP contribution in [0, 0.1) is 5.92 Å². The fourth-order valence-electron chi connectivity index (χ4n) is 2.31. The zero-order chi connectivity index (χ0) is 9.19. The van der Waals surface area contributed by atoms with Crippen molar-refractivity contribution in [2.75, 3.05) is 0 Å². The van der Waals surface area contributed by atoms with Crippen LogP contribution in [0.25, 0.3) is 0 Å². The van der Waals surface area contributed by atoms with Crippen LogP contribution in [0.5, 0.6) is 0 Å². The van der Waals surface area contributed by atoms with Crippen LogP contribution in [0.4, 0.5) is 0 Å². The summed E-state index contributed by atoms with van der Waals surface area (Å²) >= 11 is 0. The molecule has 0 saturated carbocycles. The summed E-state index contributed by atoms with van der Waals surface area (Å²) in [5, 5.41) is 3.74. The molecule has 0 bridgehead atoms. The predicted molar refractivity (Wildman–Crippen MR) is 54.3 cm³/mol. The highest BCUT2D eigenvalue weighted by Crippen LogP contribution is 2.29. The molecule has 1 aliphatic rings. The third kappa shape index (κ3) is 2.22. The maximum atomic E-state index is 3.74. The first-order chi connectivity index (χ1) is 5.57. The van der Waals surface area contributed by atoms with E-state index in [2.05, 4.69) is 33.0 Å². The van der Waals surface area contributed by atoms with Gasteiger partial charge in [-0.2, -0.15) is 0 Å². The summed E-state index contributed by atoms with van der Waals surface area (Å²) in [5.41, 5.74) is 0.431. The smallest absolute Gasteiger partial charge is 0.0155 e. The molecule has 12 heavy (non-hydrogen) atoms. The van der Waals surface area contributed by atoms with Crippen LogP contribution in [0.2, 0.25) is 0 Å². The zero-order valence-electron chi connectivity index (χ0n) is 8.98. The molecule has 72 valence electrons. The Morgan fingerprint density at radius 1 is 1.42 bits per heavy atom. The Kier molecular flexibility index (Phi) is 3.16. The van der Waals surface area contributed by atoms with Crippen LogP contribution >= 0.6 is 0 Å². The first kappa shape index (κ1) is 10.0. The first-order valence-electron chi connectivity index (χ1n) is 5.35. The molecule has 1 heterocycles. The van der Waals surface area contributed by atoms with Crippen LogP contribution in [0.3, 0.4) is 0 Å². The fourth-order valence-corrected chi connectivity index (χ4v) is 2.31. The molecule has 3 unspecified atom stereocenters. The van der Waals surface area contributed by atoms with Crippen molar-refractivity contribution in [1.82, 2.24) is 5.32 Å². The highest BCUT2D eigenvalue weighted by Gasteiger charge is 2.31. The molecule has 1 aliphatic heterocycles. The second-order valence-corrected chi connectivity index (χ2v) is 4.76. The molecule has 0 aliphatic carbocycles. The first-order valence-corrected chi connectivity index (χ1v) is 5.35. The summed E-state index contributed by atoms with van der Waals surface area (Å²) in [5.74, 6) is 0.856. The van der Waals surface area contributed by atoms with E-state index in [4.69, 9.17) is 0 Å². The molecule has 1 saturated heterocycles. The SMILES string of the molecule is CCCC1(C)CCC(C)C(C)N1. The lowest BCUT2D eigenvalue weighted by molar-refractivity contribution is 0.171. The zero-order valence-corrected chi connectivity index (χ0v) is 8.98. The van der Waals surface area contributed by atoms with Gasteiger partial charge in [-0.1, -0.05) is 20.3 Å². The van der Waals surface area contributed by atoms with Gasteiger partial charge in [0.1, 0.15) is 0 Å². The number of hydrogen-bond acceptors (Lipinski definition) is 1. The number of hydrogen-bond donors (Lipinski definition) is 1. The summed E-state index contributed by atoms with van der Waals surface area (Å²) in [6, 6.07) is 0.704. The summed E-state index contributed by atoms with van der Waals surface area (Å²) in [4.78, 5) is 0. The van der Waals surface area contributed by atoms with E-state index in [1.54, 1.807) is 0 Å². The second-order valence-electron chi connectivity index (χ2n) is 4.76. The lowest BCUT2D eigenvalue weighted by Gasteiger charge is -2.42. The summed E-state index contributed by atoms with van der Waals surface area (Å²) in [6.45, 7) is 9.31. The Morgan fingerprint density at radius 3 is 2.58 bits per heavy atom. The van der Waals surface area contributed by atoms with Gasteiger partial charge in [0.2, 0.25) is 0 Å². The second kappa shape index (κ2) is 3.78. The molecular formula is C11H23N. The summed E-state index contributed by atoms with van der Waals surface area (Å²) in [6.07, 6.45) is 5.37. The third-order valence-electron chi connectivity index (χ3n) is 3.38. The molecule has 1 heteroatoms. The van der Waals surface area contributed by atoms with Gasteiger partial charge >= 0.3 is 0 Å². The van der Waals surface area contributed by atoms with E-state index in [1.807, 2.05) is 0 Å². The molecular weight excluding hydrogens is 146 g/mol.